The summed E-state index contributed by atoms with van der Waals surface area (Å²) < 4.78 is 5.81. The molecule has 3 rings (SSSR count). The van der Waals surface area contributed by atoms with Gasteiger partial charge in [0.2, 0.25) is 0 Å². The van der Waals surface area contributed by atoms with Crippen LogP contribution in [0.15, 0.2) is 42.5 Å². The molecule has 1 aliphatic heterocycles. The third-order valence-corrected chi connectivity index (χ3v) is 4.45. The van der Waals surface area contributed by atoms with Gasteiger partial charge in [0.25, 0.3) is 0 Å². The van der Waals surface area contributed by atoms with Gasteiger partial charge in [-0.25, -0.2) is 9.59 Å². The molecule has 0 aromatic heterocycles. The topological polar surface area (TPSA) is 83.8 Å². The lowest BCUT2D eigenvalue weighted by molar-refractivity contribution is 0.0651. The standard InChI is InChI=1S/C14H10O5S/c15-12(16)9-5-4-8(7-10(9)13(17)18)19-14-6-2-1-3-11(14)20-14/h1-7,11H,(H,15,16)(H,17,18). The molecule has 1 saturated heterocycles. The van der Waals surface area contributed by atoms with Crippen LogP contribution in [-0.2, 0) is 0 Å². The second-order valence-corrected chi connectivity index (χ2v) is 5.81. The average Bonchev–Trinajstić information content (AvgIpc) is 3.12. The second-order valence-electron chi connectivity index (χ2n) is 4.42. The fourth-order valence-electron chi connectivity index (χ4n) is 2.08. The van der Waals surface area contributed by atoms with Crippen LogP contribution in [0.2, 0.25) is 0 Å². The van der Waals surface area contributed by atoms with Gasteiger partial charge in [0, 0.05) is 0 Å². The lowest BCUT2D eigenvalue weighted by Gasteiger charge is -2.16. The summed E-state index contributed by atoms with van der Waals surface area (Å²) in [5.74, 6) is -2.21. The Morgan fingerprint density at radius 3 is 2.55 bits per heavy atom. The molecule has 20 heavy (non-hydrogen) atoms. The Kier molecular flexibility index (Phi) is 2.83. The van der Waals surface area contributed by atoms with E-state index in [1.54, 1.807) is 11.8 Å². The lowest BCUT2D eigenvalue weighted by atomic mass is 10.1. The Labute approximate surface area is 118 Å². The normalized spacial score (nSPS) is 25.9. The summed E-state index contributed by atoms with van der Waals surface area (Å²) in [6.45, 7) is 0. The highest BCUT2D eigenvalue weighted by Crippen LogP contribution is 2.57. The van der Waals surface area contributed by atoms with Crippen molar-refractivity contribution in [1.29, 1.82) is 0 Å². The summed E-state index contributed by atoms with van der Waals surface area (Å²) in [7, 11) is 0. The third kappa shape index (κ3) is 2.08. The number of thioether (sulfide) groups is 1. The van der Waals surface area contributed by atoms with E-state index in [1.807, 2.05) is 24.3 Å². The zero-order valence-electron chi connectivity index (χ0n) is 10.1. The molecule has 2 N–H and O–H groups in total. The van der Waals surface area contributed by atoms with Crippen molar-refractivity contribution in [2.45, 2.75) is 10.2 Å². The Hall–Kier alpha value is -2.21. The Balaban J connectivity index is 1.90. The molecule has 6 heteroatoms. The minimum absolute atomic E-state index is 0.222. The van der Waals surface area contributed by atoms with Gasteiger partial charge < -0.3 is 14.9 Å². The molecule has 0 bridgehead atoms. The highest BCUT2D eigenvalue weighted by Gasteiger charge is 2.56. The number of benzene rings is 1. The van der Waals surface area contributed by atoms with Crippen LogP contribution in [0.5, 0.6) is 5.75 Å². The molecular weight excluding hydrogens is 280 g/mol. The van der Waals surface area contributed by atoms with Crippen molar-refractivity contribution in [3.05, 3.63) is 53.6 Å². The Morgan fingerprint density at radius 1 is 1.15 bits per heavy atom. The Bertz CT molecular complexity index is 664. The molecule has 1 heterocycles. The maximum atomic E-state index is 11.1. The maximum absolute atomic E-state index is 11.1. The predicted molar refractivity (Wildman–Crippen MR) is 73.4 cm³/mol. The summed E-state index contributed by atoms with van der Waals surface area (Å²) in [6, 6.07) is 3.98. The van der Waals surface area contributed by atoms with Gasteiger partial charge in [0.05, 0.1) is 16.4 Å². The minimum atomic E-state index is -1.29. The largest absolute Gasteiger partial charge is 0.478 e. The van der Waals surface area contributed by atoms with Crippen molar-refractivity contribution in [1.82, 2.24) is 0 Å². The van der Waals surface area contributed by atoms with E-state index in [9.17, 15) is 9.59 Å². The van der Waals surface area contributed by atoms with E-state index in [4.69, 9.17) is 14.9 Å². The molecule has 5 nitrogen and oxygen atoms in total. The first-order valence-corrected chi connectivity index (χ1v) is 6.73. The Morgan fingerprint density at radius 2 is 1.90 bits per heavy atom. The van der Waals surface area contributed by atoms with Gasteiger partial charge in [-0.3, -0.25) is 0 Å². The van der Waals surface area contributed by atoms with Crippen LogP contribution in [-0.4, -0.2) is 32.3 Å². The van der Waals surface area contributed by atoms with Crippen molar-refractivity contribution in [2.75, 3.05) is 0 Å². The fourth-order valence-corrected chi connectivity index (χ4v) is 3.08. The zero-order valence-corrected chi connectivity index (χ0v) is 11.0. The van der Waals surface area contributed by atoms with Crippen LogP contribution in [0.3, 0.4) is 0 Å². The van der Waals surface area contributed by atoms with E-state index in [1.165, 1.54) is 18.2 Å². The summed E-state index contributed by atoms with van der Waals surface area (Å²) in [5.41, 5.74) is -0.523. The highest BCUT2D eigenvalue weighted by atomic mass is 32.2. The number of hydrogen-bond donors (Lipinski definition) is 2. The molecule has 2 aliphatic rings. The van der Waals surface area contributed by atoms with E-state index in [2.05, 4.69) is 0 Å². The summed E-state index contributed by atoms with van der Waals surface area (Å²) >= 11 is 1.61. The van der Waals surface area contributed by atoms with E-state index in [0.717, 1.165) is 0 Å². The smallest absolute Gasteiger partial charge is 0.336 e. The molecule has 1 aromatic carbocycles. The average molecular weight is 290 g/mol. The number of ether oxygens (including phenoxy) is 1. The number of carbonyl (C=O) groups is 2. The molecule has 0 spiro atoms. The number of hydrogen-bond acceptors (Lipinski definition) is 4. The van der Waals surface area contributed by atoms with Crippen molar-refractivity contribution in [2.24, 2.45) is 0 Å². The molecule has 1 aromatic rings. The number of rotatable bonds is 4. The monoisotopic (exact) mass is 290 g/mol. The first-order valence-electron chi connectivity index (χ1n) is 5.85. The van der Waals surface area contributed by atoms with E-state index in [0.29, 0.717) is 5.75 Å². The van der Waals surface area contributed by atoms with Gasteiger partial charge in [-0.2, -0.15) is 0 Å². The van der Waals surface area contributed by atoms with Crippen LogP contribution < -0.4 is 4.74 Å². The zero-order chi connectivity index (χ0) is 14.3. The molecular formula is C14H10O5S. The van der Waals surface area contributed by atoms with E-state index < -0.39 is 16.9 Å². The predicted octanol–water partition coefficient (Wildman–Crippen LogP) is 2.40. The molecule has 2 unspecified atom stereocenters. The van der Waals surface area contributed by atoms with Gasteiger partial charge in [-0.15, -0.1) is 0 Å². The summed E-state index contributed by atoms with van der Waals surface area (Å²) in [6.07, 6.45) is 7.73. The third-order valence-electron chi connectivity index (χ3n) is 3.11. The fraction of sp³-hybridized carbons (Fsp3) is 0.143. The first-order chi connectivity index (χ1) is 9.52. The number of aromatic carboxylic acids is 2. The van der Waals surface area contributed by atoms with Crippen molar-refractivity contribution >= 4 is 23.7 Å². The van der Waals surface area contributed by atoms with Crippen LogP contribution >= 0.6 is 11.8 Å². The number of carboxylic acids is 2. The number of fused-ring (bicyclic) bond motifs is 1. The van der Waals surface area contributed by atoms with Crippen LogP contribution in [0.1, 0.15) is 20.7 Å². The highest BCUT2D eigenvalue weighted by molar-refractivity contribution is 8.09. The lowest BCUT2D eigenvalue weighted by Crippen LogP contribution is -2.20. The molecule has 0 saturated carbocycles. The van der Waals surface area contributed by atoms with E-state index in [-0.39, 0.29) is 16.4 Å². The quantitative estimate of drug-likeness (QED) is 0.828. The molecule has 102 valence electrons. The SMILES string of the molecule is O=C(O)c1ccc(OC23C=CC=CC2S3)cc1C(=O)O. The summed E-state index contributed by atoms with van der Waals surface area (Å²) in [4.78, 5) is 21.6. The molecule has 1 aliphatic carbocycles. The number of allylic oxidation sites excluding steroid dienone is 2. The van der Waals surface area contributed by atoms with Crippen LogP contribution in [0, 0.1) is 0 Å². The molecule has 1 fully saturated rings. The van der Waals surface area contributed by atoms with Gasteiger partial charge in [-0.1, -0.05) is 30.0 Å². The molecule has 0 amide bonds. The molecule has 0 radical (unpaired) electrons. The van der Waals surface area contributed by atoms with Crippen molar-refractivity contribution < 1.29 is 24.5 Å². The van der Waals surface area contributed by atoms with Gasteiger partial charge in [0.15, 0.2) is 4.93 Å². The maximum Gasteiger partial charge on any atom is 0.336 e. The van der Waals surface area contributed by atoms with Crippen molar-refractivity contribution in [3.8, 4) is 5.75 Å². The number of carboxylic acid groups (broad SMARTS) is 2. The summed E-state index contributed by atoms with van der Waals surface area (Å²) in [5, 5.41) is 18.2. The van der Waals surface area contributed by atoms with Crippen LogP contribution in [0.25, 0.3) is 0 Å². The van der Waals surface area contributed by atoms with Crippen LogP contribution in [0.4, 0.5) is 0 Å². The minimum Gasteiger partial charge on any atom is -0.478 e. The molecule has 2 atom stereocenters. The van der Waals surface area contributed by atoms with E-state index >= 15 is 0 Å². The first kappa shape index (κ1) is 12.8. The van der Waals surface area contributed by atoms with Gasteiger partial charge in [0.1, 0.15) is 5.75 Å². The van der Waals surface area contributed by atoms with Gasteiger partial charge in [-0.05, 0) is 24.3 Å². The van der Waals surface area contributed by atoms with Crippen molar-refractivity contribution in [3.63, 3.8) is 0 Å². The van der Waals surface area contributed by atoms with Gasteiger partial charge >= 0.3 is 11.9 Å². The second kappa shape index (κ2) is 4.42.